The standard InChI is InChI=1S/C19H25N3O3/c1-6-14-16(17(23)15-10-12(4)9-13(5)20-15)22(8-7-11(2)3)19(25)21-18(14)24/h9-11H,6-8H2,1-5H3,(H,21,24,25). The first-order valence-corrected chi connectivity index (χ1v) is 8.60. The molecule has 0 aliphatic carbocycles. The first kappa shape index (κ1) is 18.8. The number of hydrogen-bond acceptors (Lipinski definition) is 4. The molecule has 6 heteroatoms. The number of carbonyl (C=O) groups excluding carboxylic acids is 1. The Labute approximate surface area is 146 Å². The molecule has 2 aromatic heterocycles. The zero-order chi connectivity index (χ0) is 18.7. The van der Waals surface area contributed by atoms with Crippen molar-refractivity contribution in [1.82, 2.24) is 14.5 Å². The summed E-state index contributed by atoms with van der Waals surface area (Å²) in [5.74, 6) is -0.0122. The lowest BCUT2D eigenvalue weighted by molar-refractivity contribution is 0.102. The molecule has 0 atom stereocenters. The van der Waals surface area contributed by atoms with E-state index >= 15 is 0 Å². The average Bonchev–Trinajstić information content (AvgIpc) is 2.51. The van der Waals surface area contributed by atoms with E-state index in [0.29, 0.717) is 24.4 Å². The van der Waals surface area contributed by atoms with Gasteiger partial charge in [0.15, 0.2) is 0 Å². The third kappa shape index (κ3) is 4.13. The van der Waals surface area contributed by atoms with Crippen molar-refractivity contribution in [2.45, 2.75) is 54.0 Å². The number of aromatic nitrogens is 3. The number of pyridine rings is 1. The maximum atomic E-state index is 13.1. The number of H-pyrrole nitrogens is 1. The molecular formula is C19H25N3O3. The summed E-state index contributed by atoms with van der Waals surface area (Å²) in [6.45, 7) is 9.97. The Morgan fingerprint density at radius 2 is 1.92 bits per heavy atom. The Bertz CT molecular complexity index is 887. The van der Waals surface area contributed by atoms with Crippen LogP contribution in [-0.2, 0) is 13.0 Å². The molecule has 6 nitrogen and oxygen atoms in total. The summed E-state index contributed by atoms with van der Waals surface area (Å²) in [6.07, 6.45) is 1.10. The molecule has 0 spiro atoms. The van der Waals surface area contributed by atoms with Gasteiger partial charge in [0.05, 0.1) is 0 Å². The van der Waals surface area contributed by atoms with Gasteiger partial charge in [-0.3, -0.25) is 19.1 Å². The second-order valence-electron chi connectivity index (χ2n) is 6.77. The highest BCUT2D eigenvalue weighted by molar-refractivity contribution is 6.07. The molecule has 0 saturated heterocycles. The van der Waals surface area contributed by atoms with Crippen LogP contribution in [0.1, 0.15) is 60.2 Å². The van der Waals surface area contributed by atoms with E-state index < -0.39 is 11.2 Å². The lowest BCUT2D eigenvalue weighted by atomic mass is 10.0. The average molecular weight is 343 g/mol. The van der Waals surface area contributed by atoms with Gasteiger partial charge in [-0.05, 0) is 50.3 Å². The number of carbonyl (C=O) groups is 1. The molecule has 0 radical (unpaired) electrons. The van der Waals surface area contributed by atoms with Crippen molar-refractivity contribution in [3.05, 3.63) is 61.2 Å². The van der Waals surface area contributed by atoms with Crippen molar-refractivity contribution in [2.24, 2.45) is 5.92 Å². The highest BCUT2D eigenvalue weighted by Gasteiger charge is 2.23. The van der Waals surface area contributed by atoms with Gasteiger partial charge < -0.3 is 0 Å². The molecule has 0 aliphatic heterocycles. The van der Waals surface area contributed by atoms with Crippen LogP contribution in [0.4, 0.5) is 0 Å². The summed E-state index contributed by atoms with van der Waals surface area (Å²) in [7, 11) is 0. The van der Waals surface area contributed by atoms with Gasteiger partial charge in [0, 0.05) is 17.8 Å². The smallest absolute Gasteiger partial charge is 0.290 e. The third-order valence-electron chi connectivity index (χ3n) is 4.12. The van der Waals surface area contributed by atoms with Gasteiger partial charge in [0.25, 0.3) is 5.56 Å². The summed E-state index contributed by atoms with van der Waals surface area (Å²) in [4.78, 5) is 44.3. The number of aromatic amines is 1. The lowest BCUT2D eigenvalue weighted by Crippen LogP contribution is -2.37. The van der Waals surface area contributed by atoms with E-state index in [1.54, 1.807) is 13.0 Å². The highest BCUT2D eigenvalue weighted by Crippen LogP contribution is 2.14. The van der Waals surface area contributed by atoms with E-state index in [2.05, 4.69) is 9.97 Å². The van der Waals surface area contributed by atoms with Crippen LogP contribution in [0.2, 0.25) is 0 Å². The molecule has 0 amide bonds. The summed E-state index contributed by atoms with van der Waals surface area (Å²) >= 11 is 0. The second kappa shape index (κ2) is 7.59. The quantitative estimate of drug-likeness (QED) is 0.816. The number of hydrogen-bond donors (Lipinski definition) is 1. The molecule has 25 heavy (non-hydrogen) atoms. The molecule has 0 bridgehead atoms. The lowest BCUT2D eigenvalue weighted by Gasteiger charge is -2.16. The van der Waals surface area contributed by atoms with E-state index in [4.69, 9.17) is 0 Å². The minimum atomic E-state index is -0.546. The van der Waals surface area contributed by atoms with Crippen LogP contribution in [0.25, 0.3) is 0 Å². The molecule has 2 heterocycles. The van der Waals surface area contributed by atoms with Crippen molar-refractivity contribution in [2.75, 3.05) is 0 Å². The summed E-state index contributed by atoms with van der Waals surface area (Å²) in [5.41, 5.74) is 1.34. The molecule has 0 fully saturated rings. The zero-order valence-electron chi connectivity index (χ0n) is 15.5. The second-order valence-corrected chi connectivity index (χ2v) is 6.77. The Kier molecular flexibility index (Phi) is 5.72. The maximum absolute atomic E-state index is 13.1. The fourth-order valence-electron chi connectivity index (χ4n) is 2.88. The van der Waals surface area contributed by atoms with Crippen molar-refractivity contribution in [1.29, 1.82) is 0 Å². The maximum Gasteiger partial charge on any atom is 0.328 e. The Morgan fingerprint density at radius 1 is 1.24 bits per heavy atom. The molecule has 2 aromatic rings. The molecule has 134 valence electrons. The molecule has 1 N–H and O–H groups in total. The third-order valence-corrected chi connectivity index (χ3v) is 4.12. The minimum Gasteiger partial charge on any atom is -0.290 e. The summed E-state index contributed by atoms with van der Waals surface area (Å²) in [6, 6.07) is 3.56. The van der Waals surface area contributed by atoms with E-state index in [1.165, 1.54) is 4.57 Å². The number of rotatable bonds is 6. The number of aryl methyl sites for hydroxylation is 2. The van der Waals surface area contributed by atoms with Crippen LogP contribution < -0.4 is 11.2 Å². The van der Waals surface area contributed by atoms with Gasteiger partial charge in [0.1, 0.15) is 11.4 Å². The number of ketones is 1. The predicted molar refractivity (Wildman–Crippen MR) is 97.3 cm³/mol. The predicted octanol–water partition coefficient (Wildman–Crippen LogP) is 2.39. The Balaban J connectivity index is 2.69. The van der Waals surface area contributed by atoms with Gasteiger partial charge in [-0.2, -0.15) is 0 Å². The van der Waals surface area contributed by atoms with E-state index in [-0.39, 0.29) is 17.2 Å². The van der Waals surface area contributed by atoms with Crippen molar-refractivity contribution < 1.29 is 4.79 Å². The van der Waals surface area contributed by atoms with Gasteiger partial charge in [-0.15, -0.1) is 0 Å². The molecule has 0 unspecified atom stereocenters. The molecule has 2 rings (SSSR count). The van der Waals surface area contributed by atoms with Crippen LogP contribution in [0.5, 0.6) is 0 Å². The van der Waals surface area contributed by atoms with Crippen molar-refractivity contribution in [3.8, 4) is 0 Å². The van der Waals surface area contributed by atoms with Crippen molar-refractivity contribution in [3.63, 3.8) is 0 Å². The fourth-order valence-corrected chi connectivity index (χ4v) is 2.88. The molecule has 0 aromatic carbocycles. The Hall–Kier alpha value is -2.50. The summed E-state index contributed by atoms with van der Waals surface area (Å²) < 4.78 is 1.39. The van der Waals surface area contributed by atoms with E-state index in [0.717, 1.165) is 17.7 Å². The molecule has 0 aliphatic rings. The molecule has 0 saturated carbocycles. The van der Waals surface area contributed by atoms with Gasteiger partial charge in [-0.25, -0.2) is 9.78 Å². The zero-order valence-corrected chi connectivity index (χ0v) is 15.5. The van der Waals surface area contributed by atoms with E-state index in [9.17, 15) is 14.4 Å². The first-order valence-electron chi connectivity index (χ1n) is 8.60. The topological polar surface area (TPSA) is 84.8 Å². The van der Waals surface area contributed by atoms with Crippen LogP contribution in [0.15, 0.2) is 21.7 Å². The number of nitrogens with zero attached hydrogens (tertiary/aromatic N) is 2. The normalized spacial score (nSPS) is 11.1. The molecular weight excluding hydrogens is 318 g/mol. The SMILES string of the molecule is CCc1c(C(=O)c2cc(C)cc(C)n2)n(CCC(C)C)c(=O)[nH]c1=O. The first-order chi connectivity index (χ1) is 11.7. The fraction of sp³-hybridized carbons (Fsp3) is 0.474. The van der Waals surface area contributed by atoms with Gasteiger partial charge in [0.2, 0.25) is 5.78 Å². The van der Waals surface area contributed by atoms with Gasteiger partial charge >= 0.3 is 5.69 Å². The van der Waals surface area contributed by atoms with Crippen molar-refractivity contribution >= 4 is 5.78 Å². The van der Waals surface area contributed by atoms with Crippen LogP contribution in [-0.4, -0.2) is 20.3 Å². The largest absolute Gasteiger partial charge is 0.328 e. The van der Waals surface area contributed by atoms with Crippen LogP contribution in [0.3, 0.4) is 0 Å². The Morgan fingerprint density at radius 3 is 2.48 bits per heavy atom. The van der Waals surface area contributed by atoms with E-state index in [1.807, 2.05) is 33.8 Å². The van der Waals surface area contributed by atoms with Gasteiger partial charge in [-0.1, -0.05) is 20.8 Å². The van der Waals surface area contributed by atoms with Crippen LogP contribution >= 0.6 is 0 Å². The number of nitrogens with one attached hydrogen (secondary N) is 1. The summed E-state index contributed by atoms with van der Waals surface area (Å²) in [5, 5.41) is 0. The minimum absolute atomic E-state index is 0.161. The highest BCUT2D eigenvalue weighted by atomic mass is 16.2. The monoisotopic (exact) mass is 343 g/mol. The van der Waals surface area contributed by atoms with Crippen LogP contribution in [0, 0.1) is 19.8 Å².